The minimum Gasteiger partial charge on any atom is -0.497 e. The van der Waals surface area contributed by atoms with Gasteiger partial charge in [-0.15, -0.1) is 0 Å². The van der Waals surface area contributed by atoms with Crippen molar-refractivity contribution >= 4 is 6.21 Å². The number of aromatic amines is 1. The van der Waals surface area contributed by atoms with Crippen LogP contribution in [0.2, 0.25) is 0 Å². The van der Waals surface area contributed by atoms with Crippen LogP contribution in [0, 0.1) is 0 Å². The third-order valence-corrected chi connectivity index (χ3v) is 3.33. The van der Waals surface area contributed by atoms with Gasteiger partial charge in [-0.1, -0.05) is 12.1 Å². The van der Waals surface area contributed by atoms with Gasteiger partial charge in [0.05, 0.1) is 20.0 Å². The Morgan fingerprint density at radius 2 is 2.16 bits per heavy atom. The molecule has 98 valence electrons. The van der Waals surface area contributed by atoms with E-state index < -0.39 is 0 Å². The highest BCUT2D eigenvalue weighted by molar-refractivity contribution is 5.79. The maximum absolute atomic E-state index is 5.13. The molecule has 1 fully saturated rings. The maximum atomic E-state index is 5.13. The molecule has 1 N–H and O–H groups in total. The highest BCUT2D eigenvalue weighted by Gasteiger charge is 2.27. The monoisotopic (exact) mass is 255 g/mol. The number of benzene rings is 1. The van der Waals surface area contributed by atoms with Crippen molar-refractivity contribution in [2.24, 2.45) is 4.99 Å². The van der Waals surface area contributed by atoms with E-state index in [2.05, 4.69) is 15.0 Å². The number of hydrogen-bond donors (Lipinski definition) is 1. The molecule has 0 atom stereocenters. The van der Waals surface area contributed by atoms with Gasteiger partial charge in [0.2, 0.25) is 0 Å². The Hall–Kier alpha value is -2.10. The lowest BCUT2D eigenvalue weighted by Gasteiger charge is -2.00. The molecule has 19 heavy (non-hydrogen) atoms. The van der Waals surface area contributed by atoms with Gasteiger partial charge < -0.3 is 9.72 Å². The van der Waals surface area contributed by atoms with Crippen LogP contribution in [0.4, 0.5) is 0 Å². The first-order chi connectivity index (χ1) is 9.36. The number of aromatic nitrogens is 2. The molecule has 0 saturated heterocycles. The zero-order valence-corrected chi connectivity index (χ0v) is 11.0. The van der Waals surface area contributed by atoms with Crippen molar-refractivity contribution in [2.75, 3.05) is 7.11 Å². The van der Waals surface area contributed by atoms with Gasteiger partial charge in [-0.3, -0.25) is 4.99 Å². The van der Waals surface area contributed by atoms with Crippen molar-refractivity contribution in [3.8, 4) is 5.75 Å². The predicted molar refractivity (Wildman–Crippen MR) is 74.9 cm³/mol. The molecule has 0 aliphatic heterocycles. The van der Waals surface area contributed by atoms with Crippen molar-refractivity contribution < 1.29 is 4.74 Å². The average molecular weight is 255 g/mol. The van der Waals surface area contributed by atoms with Crippen molar-refractivity contribution in [1.29, 1.82) is 0 Å². The predicted octanol–water partition coefficient (Wildman–Crippen LogP) is 2.91. The molecule has 1 aromatic carbocycles. The fraction of sp³-hybridized carbons (Fsp3) is 0.333. The zero-order chi connectivity index (χ0) is 13.1. The fourth-order valence-corrected chi connectivity index (χ4v) is 2.09. The Kier molecular flexibility index (Phi) is 3.31. The van der Waals surface area contributed by atoms with Crippen LogP contribution in [-0.2, 0) is 6.54 Å². The van der Waals surface area contributed by atoms with E-state index in [1.807, 2.05) is 30.5 Å². The van der Waals surface area contributed by atoms with Gasteiger partial charge in [0.15, 0.2) is 0 Å². The van der Waals surface area contributed by atoms with Gasteiger partial charge in [-0.2, -0.15) is 0 Å². The van der Waals surface area contributed by atoms with E-state index >= 15 is 0 Å². The number of aliphatic imine (C=N–C) groups is 1. The standard InChI is InChI=1S/C15H17N3O/c1-19-13-6-2-11(3-7-13)8-16-9-14-15(12-4-5-12)18-10-17-14/h2-3,6-7,9-10,12H,4-5,8H2,1H3,(H,17,18). The van der Waals surface area contributed by atoms with Crippen molar-refractivity contribution in [3.63, 3.8) is 0 Å². The van der Waals surface area contributed by atoms with Crippen LogP contribution in [0.15, 0.2) is 35.6 Å². The van der Waals surface area contributed by atoms with Gasteiger partial charge in [0, 0.05) is 17.8 Å². The van der Waals surface area contributed by atoms with Crippen molar-refractivity contribution in [1.82, 2.24) is 9.97 Å². The molecular formula is C15H17N3O. The second-order valence-electron chi connectivity index (χ2n) is 4.79. The first-order valence-electron chi connectivity index (χ1n) is 6.53. The normalized spacial score (nSPS) is 15.0. The van der Waals surface area contributed by atoms with Gasteiger partial charge >= 0.3 is 0 Å². The summed E-state index contributed by atoms with van der Waals surface area (Å²) < 4.78 is 5.13. The molecule has 1 aliphatic rings. The third kappa shape index (κ3) is 2.84. The Bertz CT molecular complexity index is 567. The van der Waals surface area contributed by atoms with Gasteiger partial charge in [0.1, 0.15) is 11.4 Å². The van der Waals surface area contributed by atoms with Gasteiger partial charge in [-0.05, 0) is 30.5 Å². The summed E-state index contributed by atoms with van der Waals surface area (Å²) in [6.45, 7) is 0.668. The summed E-state index contributed by atoms with van der Waals surface area (Å²) in [6, 6.07) is 7.97. The van der Waals surface area contributed by atoms with Gasteiger partial charge in [0.25, 0.3) is 0 Å². The van der Waals surface area contributed by atoms with E-state index in [4.69, 9.17) is 4.74 Å². The Morgan fingerprint density at radius 3 is 2.84 bits per heavy atom. The Morgan fingerprint density at radius 1 is 1.37 bits per heavy atom. The molecule has 0 unspecified atom stereocenters. The summed E-state index contributed by atoms with van der Waals surface area (Å²) >= 11 is 0. The zero-order valence-electron chi connectivity index (χ0n) is 11.0. The largest absolute Gasteiger partial charge is 0.497 e. The highest BCUT2D eigenvalue weighted by Crippen LogP contribution is 2.39. The minimum absolute atomic E-state index is 0.668. The summed E-state index contributed by atoms with van der Waals surface area (Å²) in [5, 5.41) is 0. The molecule has 4 heteroatoms. The maximum Gasteiger partial charge on any atom is 0.118 e. The summed E-state index contributed by atoms with van der Waals surface area (Å²) in [4.78, 5) is 12.0. The van der Waals surface area contributed by atoms with Crippen LogP contribution >= 0.6 is 0 Å². The summed E-state index contributed by atoms with van der Waals surface area (Å²) in [6.07, 6.45) is 6.15. The molecule has 2 aromatic rings. The Labute approximate surface area is 112 Å². The number of hydrogen-bond acceptors (Lipinski definition) is 3. The van der Waals surface area contributed by atoms with Crippen molar-refractivity contribution in [2.45, 2.75) is 25.3 Å². The lowest BCUT2D eigenvalue weighted by Crippen LogP contribution is -1.90. The number of H-pyrrole nitrogens is 1. The number of methoxy groups -OCH3 is 1. The lowest BCUT2D eigenvalue weighted by molar-refractivity contribution is 0.414. The van der Waals surface area contributed by atoms with E-state index in [9.17, 15) is 0 Å². The van der Waals surface area contributed by atoms with Crippen LogP contribution in [0.5, 0.6) is 5.75 Å². The molecule has 1 aliphatic carbocycles. The highest BCUT2D eigenvalue weighted by atomic mass is 16.5. The summed E-state index contributed by atoms with van der Waals surface area (Å²) in [5.41, 5.74) is 3.38. The molecule has 0 amide bonds. The SMILES string of the molecule is COc1ccc(CN=Cc2nc[nH]c2C2CC2)cc1. The molecule has 0 radical (unpaired) electrons. The quantitative estimate of drug-likeness (QED) is 0.835. The molecule has 1 aromatic heterocycles. The number of rotatable bonds is 5. The van der Waals surface area contributed by atoms with Crippen LogP contribution in [0.1, 0.15) is 35.7 Å². The number of nitrogens with zero attached hydrogens (tertiary/aromatic N) is 2. The van der Waals surface area contributed by atoms with Crippen LogP contribution in [-0.4, -0.2) is 23.3 Å². The minimum atomic E-state index is 0.668. The molecule has 4 nitrogen and oxygen atoms in total. The number of ether oxygens (including phenoxy) is 1. The smallest absolute Gasteiger partial charge is 0.118 e. The number of imidazole rings is 1. The second kappa shape index (κ2) is 5.26. The molecule has 0 bridgehead atoms. The van der Waals surface area contributed by atoms with Crippen LogP contribution < -0.4 is 4.74 Å². The molecule has 3 rings (SSSR count). The summed E-state index contributed by atoms with van der Waals surface area (Å²) in [5.74, 6) is 1.54. The molecule has 1 heterocycles. The van der Waals surface area contributed by atoms with Crippen LogP contribution in [0.3, 0.4) is 0 Å². The van der Waals surface area contributed by atoms with E-state index in [0.717, 1.165) is 11.4 Å². The number of nitrogens with one attached hydrogen (secondary N) is 1. The topological polar surface area (TPSA) is 50.3 Å². The van der Waals surface area contributed by atoms with Crippen molar-refractivity contribution in [3.05, 3.63) is 47.5 Å². The first-order valence-corrected chi connectivity index (χ1v) is 6.53. The molecule has 1 saturated carbocycles. The van der Waals surface area contributed by atoms with E-state index in [1.165, 1.54) is 24.1 Å². The molecule has 0 spiro atoms. The van der Waals surface area contributed by atoms with Crippen LogP contribution in [0.25, 0.3) is 0 Å². The van der Waals surface area contributed by atoms with E-state index in [0.29, 0.717) is 12.5 Å². The first kappa shape index (κ1) is 12.0. The molecular weight excluding hydrogens is 238 g/mol. The fourth-order valence-electron chi connectivity index (χ4n) is 2.09. The second-order valence-corrected chi connectivity index (χ2v) is 4.79. The van der Waals surface area contributed by atoms with Gasteiger partial charge in [-0.25, -0.2) is 4.98 Å². The lowest BCUT2D eigenvalue weighted by atomic mass is 10.2. The third-order valence-electron chi connectivity index (χ3n) is 3.33. The Balaban J connectivity index is 1.64. The average Bonchev–Trinajstić information content (AvgIpc) is 3.19. The van der Waals surface area contributed by atoms with E-state index in [1.54, 1.807) is 13.4 Å². The van der Waals surface area contributed by atoms with E-state index in [-0.39, 0.29) is 0 Å². The summed E-state index contributed by atoms with van der Waals surface area (Å²) in [7, 11) is 1.67.